The molecule has 1 saturated heterocycles. The number of carbonyl (C=O) groups is 1. The number of nitrogens with one attached hydrogen (secondary N) is 1. The molecule has 1 N–H and O–H groups in total. The van der Waals surface area contributed by atoms with Crippen LogP contribution in [-0.4, -0.2) is 44.2 Å². The van der Waals surface area contributed by atoms with Crippen molar-refractivity contribution < 1.29 is 22.7 Å². The van der Waals surface area contributed by atoms with Gasteiger partial charge < -0.3 is 10.1 Å². The van der Waals surface area contributed by atoms with Crippen molar-refractivity contribution in [3.63, 3.8) is 0 Å². The maximum Gasteiger partial charge on any atom is 0.416 e. The van der Waals surface area contributed by atoms with E-state index in [1.807, 2.05) is 4.90 Å². The molecule has 7 heteroatoms. The average Bonchev–Trinajstić information content (AvgIpc) is 2.49. The zero-order valence-electron chi connectivity index (χ0n) is 13.0. The highest BCUT2D eigenvalue weighted by Crippen LogP contribution is 2.29. The summed E-state index contributed by atoms with van der Waals surface area (Å²) in [5.41, 5.74) is -0.354. The van der Waals surface area contributed by atoms with Crippen molar-refractivity contribution in [1.29, 1.82) is 0 Å². The number of methoxy groups -OCH3 is 1. The monoisotopic (exact) mass is 330 g/mol. The molecule has 23 heavy (non-hydrogen) atoms. The summed E-state index contributed by atoms with van der Waals surface area (Å²) in [6.07, 6.45) is -2.39. The van der Waals surface area contributed by atoms with Crippen LogP contribution >= 0.6 is 0 Å². The fourth-order valence-corrected chi connectivity index (χ4v) is 2.69. The standard InChI is InChI=1S/C16H21F3N2O2/c1-23-11-12-6-8-21(9-7-12)10-15(22)20-14-4-2-13(3-5-14)16(17,18)19/h2-5,12H,6-11H2,1H3,(H,20,22). The van der Waals surface area contributed by atoms with Crippen molar-refractivity contribution in [2.45, 2.75) is 19.0 Å². The maximum atomic E-state index is 12.5. The fraction of sp³-hybridized carbons (Fsp3) is 0.562. The second-order valence-electron chi connectivity index (χ2n) is 5.80. The summed E-state index contributed by atoms with van der Waals surface area (Å²) in [6, 6.07) is 4.47. The first-order chi connectivity index (χ1) is 10.9. The third-order valence-corrected chi connectivity index (χ3v) is 3.97. The Hall–Kier alpha value is -1.60. The number of alkyl halides is 3. The normalized spacial score (nSPS) is 17.2. The summed E-state index contributed by atoms with van der Waals surface area (Å²) < 4.78 is 42.6. The molecule has 0 aromatic heterocycles. The summed E-state index contributed by atoms with van der Waals surface area (Å²) in [5, 5.41) is 2.63. The van der Waals surface area contributed by atoms with Crippen LogP contribution in [0.4, 0.5) is 18.9 Å². The van der Waals surface area contributed by atoms with Crippen LogP contribution in [0.15, 0.2) is 24.3 Å². The third kappa shape index (κ3) is 5.51. The van der Waals surface area contributed by atoms with Gasteiger partial charge in [0.1, 0.15) is 0 Å². The van der Waals surface area contributed by atoms with E-state index in [2.05, 4.69) is 5.32 Å². The number of hydrogen-bond acceptors (Lipinski definition) is 3. The molecular formula is C16H21F3N2O2. The van der Waals surface area contributed by atoms with Gasteiger partial charge >= 0.3 is 6.18 Å². The van der Waals surface area contributed by atoms with Crippen LogP contribution in [-0.2, 0) is 15.7 Å². The molecule has 1 aromatic carbocycles. The number of likely N-dealkylation sites (tertiary alicyclic amines) is 1. The van der Waals surface area contributed by atoms with Gasteiger partial charge in [-0.1, -0.05) is 0 Å². The van der Waals surface area contributed by atoms with E-state index >= 15 is 0 Å². The second kappa shape index (κ2) is 7.79. The highest BCUT2D eigenvalue weighted by molar-refractivity contribution is 5.92. The van der Waals surface area contributed by atoms with Crippen LogP contribution in [0.25, 0.3) is 0 Å². The Kier molecular flexibility index (Phi) is 6.01. The van der Waals surface area contributed by atoms with Crippen LogP contribution in [0.5, 0.6) is 0 Å². The number of nitrogens with zero attached hydrogens (tertiary/aromatic N) is 1. The van der Waals surface area contributed by atoms with Crippen LogP contribution in [0.1, 0.15) is 18.4 Å². The predicted molar refractivity (Wildman–Crippen MR) is 81.1 cm³/mol. The summed E-state index contributed by atoms with van der Waals surface area (Å²) >= 11 is 0. The van der Waals surface area contributed by atoms with E-state index in [-0.39, 0.29) is 12.5 Å². The molecule has 0 aliphatic carbocycles. The Morgan fingerprint density at radius 1 is 1.26 bits per heavy atom. The molecule has 1 heterocycles. The van der Waals surface area contributed by atoms with Gasteiger partial charge in [-0.15, -0.1) is 0 Å². The minimum atomic E-state index is -4.37. The summed E-state index contributed by atoms with van der Waals surface area (Å²) in [4.78, 5) is 14.0. The minimum Gasteiger partial charge on any atom is -0.384 e. The topological polar surface area (TPSA) is 41.6 Å². The number of ether oxygens (including phenoxy) is 1. The zero-order chi connectivity index (χ0) is 16.9. The van der Waals surface area contributed by atoms with Gasteiger partial charge in [-0.3, -0.25) is 9.69 Å². The lowest BCUT2D eigenvalue weighted by atomic mass is 9.98. The lowest BCUT2D eigenvalue weighted by Crippen LogP contribution is -2.40. The van der Waals surface area contributed by atoms with Crippen LogP contribution in [0, 0.1) is 5.92 Å². The van der Waals surface area contributed by atoms with Gasteiger partial charge in [0.2, 0.25) is 5.91 Å². The Bertz CT molecular complexity index is 509. The molecule has 0 spiro atoms. The molecule has 0 saturated carbocycles. The quantitative estimate of drug-likeness (QED) is 0.902. The van der Waals surface area contributed by atoms with Gasteiger partial charge in [-0.05, 0) is 56.1 Å². The van der Waals surface area contributed by atoms with Crippen molar-refractivity contribution in [2.24, 2.45) is 5.92 Å². The Labute approximate surface area is 133 Å². The Balaban J connectivity index is 1.79. The van der Waals surface area contributed by atoms with E-state index in [1.54, 1.807) is 7.11 Å². The summed E-state index contributed by atoms with van der Waals surface area (Å²) in [7, 11) is 1.68. The minimum absolute atomic E-state index is 0.213. The smallest absolute Gasteiger partial charge is 0.384 e. The molecule has 0 unspecified atom stereocenters. The zero-order valence-corrected chi connectivity index (χ0v) is 13.0. The largest absolute Gasteiger partial charge is 0.416 e. The van der Waals surface area contributed by atoms with E-state index in [1.165, 1.54) is 12.1 Å². The summed E-state index contributed by atoms with van der Waals surface area (Å²) in [5.74, 6) is 0.323. The molecule has 1 fully saturated rings. The number of benzene rings is 1. The van der Waals surface area contributed by atoms with Gasteiger partial charge in [0.25, 0.3) is 0 Å². The molecule has 128 valence electrons. The van der Waals surface area contributed by atoms with Gasteiger partial charge in [-0.25, -0.2) is 0 Å². The van der Waals surface area contributed by atoms with E-state index in [9.17, 15) is 18.0 Å². The molecule has 0 radical (unpaired) electrons. The van der Waals surface area contributed by atoms with Crippen LogP contribution in [0.3, 0.4) is 0 Å². The second-order valence-corrected chi connectivity index (χ2v) is 5.80. The van der Waals surface area contributed by atoms with Crippen molar-refractivity contribution in [2.75, 3.05) is 38.7 Å². The first-order valence-electron chi connectivity index (χ1n) is 7.57. The first kappa shape index (κ1) is 17.7. The molecule has 0 bridgehead atoms. The fourth-order valence-electron chi connectivity index (χ4n) is 2.69. The van der Waals surface area contributed by atoms with Crippen molar-refractivity contribution in [3.8, 4) is 0 Å². The predicted octanol–water partition coefficient (Wildman–Crippen LogP) is 3.00. The summed E-state index contributed by atoms with van der Waals surface area (Å²) in [6.45, 7) is 2.65. The number of hydrogen-bond donors (Lipinski definition) is 1. The van der Waals surface area contributed by atoms with Crippen molar-refractivity contribution >= 4 is 11.6 Å². The van der Waals surface area contributed by atoms with Gasteiger partial charge in [0.05, 0.1) is 12.1 Å². The molecule has 1 aliphatic rings. The maximum absolute atomic E-state index is 12.5. The number of piperidine rings is 1. The molecule has 1 aliphatic heterocycles. The lowest BCUT2D eigenvalue weighted by Gasteiger charge is -2.31. The van der Waals surface area contributed by atoms with E-state index in [4.69, 9.17) is 4.74 Å². The number of rotatable bonds is 5. The number of amides is 1. The number of halogens is 3. The van der Waals surface area contributed by atoms with Gasteiger partial charge in [0.15, 0.2) is 0 Å². The third-order valence-electron chi connectivity index (χ3n) is 3.97. The molecule has 0 atom stereocenters. The molecular weight excluding hydrogens is 309 g/mol. The number of anilines is 1. The Morgan fingerprint density at radius 3 is 2.39 bits per heavy atom. The van der Waals surface area contributed by atoms with Gasteiger partial charge in [-0.2, -0.15) is 13.2 Å². The molecule has 2 rings (SSSR count). The van der Waals surface area contributed by atoms with Crippen molar-refractivity contribution in [3.05, 3.63) is 29.8 Å². The highest BCUT2D eigenvalue weighted by Gasteiger charge is 2.30. The number of carbonyl (C=O) groups excluding carboxylic acids is 1. The molecule has 4 nitrogen and oxygen atoms in total. The highest BCUT2D eigenvalue weighted by atomic mass is 19.4. The average molecular weight is 330 g/mol. The lowest BCUT2D eigenvalue weighted by molar-refractivity contribution is -0.137. The Morgan fingerprint density at radius 2 is 1.87 bits per heavy atom. The van der Waals surface area contributed by atoms with Crippen molar-refractivity contribution in [1.82, 2.24) is 4.90 Å². The van der Waals surface area contributed by atoms with E-state index in [0.717, 1.165) is 44.7 Å². The van der Waals surface area contributed by atoms with E-state index in [0.29, 0.717) is 11.6 Å². The SMILES string of the molecule is COCC1CCN(CC(=O)Nc2ccc(C(F)(F)F)cc2)CC1. The molecule has 1 amide bonds. The van der Waals surface area contributed by atoms with E-state index < -0.39 is 11.7 Å². The first-order valence-corrected chi connectivity index (χ1v) is 7.57. The molecule has 1 aromatic rings. The van der Waals surface area contributed by atoms with Crippen LogP contribution in [0.2, 0.25) is 0 Å². The van der Waals surface area contributed by atoms with Gasteiger partial charge in [0, 0.05) is 19.4 Å². The van der Waals surface area contributed by atoms with Crippen LogP contribution < -0.4 is 5.32 Å².